The Labute approximate surface area is 189 Å². The summed E-state index contributed by atoms with van der Waals surface area (Å²) in [6.07, 6.45) is 4.02. The number of hydrogen-bond acceptors (Lipinski definition) is 11. The lowest BCUT2D eigenvalue weighted by Crippen LogP contribution is -2.38. The van der Waals surface area contributed by atoms with E-state index in [-0.39, 0.29) is 17.8 Å². The topological polar surface area (TPSA) is 143 Å². The monoisotopic (exact) mass is 456 g/mol. The Balaban J connectivity index is 1.67. The van der Waals surface area contributed by atoms with Gasteiger partial charge < -0.3 is 24.1 Å². The van der Waals surface area contributed by atoms with Crippen LogP contribution in [-0.2, 0) is 35.0 Å². The molecule has 174 valence electrons. The number of carbonyl (C=O) groups is 3. The van der Waals surface area contributed by atoms with E-state index in [1.807, 2.05) is 6.07 Å². The molecular formula is C22H24N4O7. The van der Waals surface area contributed by atoms with Crippen molar-refractivity contribution in [3.05, 3.63) is 53.0 Å². The number of aryl methyl sites for hydroxylation is 1. The third-order valence-corrected chi connectivity index (χ3v) is 4.97. The van der Waals surface area contributed by atoms with Crippen LogP contribution < -0.4 is 5.32 Å². The molecule has 2 aromatic rings. The number of ether oxygens (including phenoxy) is 3. The Kier molecular flexibility index (Phi) is 7.54. The van der Waals surface area contributed by atoms with Crippen molar-refractivity contribution >= 4 is 17.9 Å². The molecule has 0 aromatic carbocycles. The van der Waals surface area contributed by atoms with Gasteiger partial charge in [0.25, 0.3) is 0 Å². The number of dihydropyridines is 1. The maximum absolute atomic E-state index is 13.0. The maximum Gasteiger partial charge on any atom is 0.336 e. The molecular weight excluding hydrogens is 432 g/mol. The van der Waals surface area contributed by atoms with Crippen molar-refractivity contribution in [1.29, 1.82) is 0 Å². The number of nitrogens with zero attached hydrogens (tertiary/aromatic N) is 3. The molecule has 3 rings (SSSR count). The molecule has 1 N–H and O–H groups in total. The van der Waals surface area contributed by atoms with Crippen molar-refractivity contribution in [3.8, 4) is 11.4 Å². The summed E-state index contributed by atoms with van der Waals surface area (Å²) in [6.45, 7) is 3.23. The highest BCUT2D eigenvalue weighted by molar-refractivity contribution is 6.05. The summed E-state index contributed by atoms with van der Waals surface area (Å²) in [5.74, 6) is -2.74. The van der Waals surface area contributed by atoms with E-state index in [0.717, 1.165) is 5.56 Å². The zero-order chi connectivity index (χ0) is 24.0. The molecule has 0 saturated heterocycles. The number of esters is 3. The van der Waals surface area contributed by atoms with Gasteiger partial charge in [0.1, 0.15) is 5.92 Å². The number of nitrogens with one attached hydrogen (secondary N) is 1. The van der Waals surface area contributed by atoms with Gasteiger partial charge in [0.2, 0.25) is 11.7 Å². The minimum Gasteiger partial charge on any atom is -0.466 e. The van der Waals surface area contributed by atoms with E-state index < -0.39 is 23.8 Å². The second-order valence-electron chi connectivity index (χ2n) is 7.14. The molecule has 0 radical (unpaired) electrons. The Morgan fingerprint density at radius 1 is 1.09 bits per heavy atom. The molecule has 0 spiro atoms. The number of rotatable bonds is 8. The van der Waals surface area contributed by atoms with Crippen LogP contribution in [0.5, 0.6) is 0 Å². The van der Waals surface area contributed by atoms with Crippen molar-refractivity contribution in [2.75, 3.05) is 20.8 Å². The summed E-state index contributed by atoms with van der Waals surface area (Å²) >= 11 is 0. The Morgan fingerprint density at radius 3 is 2.33 bits per heavy atom. The number of aromatic nitrogens is 3. The molecule has 0 bridgehead atoms. The fourth-order valence-electron chi connectivity index (χ4n) is 3.44. The molecule has 0 atom stereocenters. The number of carbonyl (C=O) groups excluding carboxylic acids is 3. The van der Waals surface area contributed by atoms with Crippen LogP contribution in [0.3, 0.4) is 0 Å². The van der Waals surface area contributed by atoms with Crippen LogP contribution in [0.25, 0.3) is 11.4 Å². The molecule has 0 aliphatic carbocycles. The van der Waals surface area contributed by atoms with E-state index in [0.29, 0.717) is 36.0 Å². The van der Waals surface area contributed by atoms with Crippen molar-refractivity contribution in [1.82, 2.24) is 20.4 Å². The third-order valence-electron chi connectivity index (χ3n) is 4.97. The lowest BCUT2D eigenvalue weighted by atomic mass is 9.85. The molecule has 11 nitrogen and oxygen atoms in total. The largest absolute Gasteiger partial charge is 0.466 e. The highest BCUT2D eigenvalue weighted by Gasteiger charge is 2.42. The van der Waals surface area contributed by atoms with Crippen LogP contribution in [-0.4, -0.2) is 53.9 Å². The van der Waals surface area contributed by atoms with Gasteiger partial charge in [-0.3, -0.25) is 9.78 Å². The van der Waals surface area contributed by atoms with Crippen LogP contribution in [0.15, 0.2) is 51.6 Å². The molecule has 0 amide bonds. The lowest BCUT2D eigenvalue weighted by Gasteiger charge is -2.28. The maximum atomic E-state index is 13.0. The number of allylic oxidation sites excluding steroid dienone is 2. The standard InChI is InChI=1S/C22H24N4O7/c1-12-16(20(27)30-3)18(17(13(2)24-12)21(28)31-4)22(29)32-10-6-8-15-25-19(26-33-15)14-7-5-9-23-11-14/h5,7,9,11,18,24H,6,8,10H2,1-4H3. The first-order chi connectivity index (χ1) is 15.9. The van der Waals surface area contributed by atoms with E-state index in [2.05, 4.69) is 20.4 Å². The van der Waals surface area contributed by atoms with E-state index >= 15 is 0 Å². The second kappa shape index (κ2) is 10.5. The molecule has 3 heterocycles. The summed E-state index contributed by atoms with van der Waals surface area (Å²) in [7, 11) is 2.39. The molecule has 11 heteroatoms. The van der Waals surface area contributed by atoms with Crippen molar-refractivity contribution in [2.45, 2.75) is 26.7 Å². The highest BCUT2D eigenvalue weighted by atomic mass is 16.5. The van der Waals surface area contributed by atoms with Crippen molar-refractivity contribution in [3.63, 3.8) is 0 Å². The van der Waals surface area contributed by atoms with Gasteiger partial charge >= 0.3 is 17.9 Å². The van der Waals surface area contributed by atoms with Crippen LogP contribution >= 0.6 is 0 Å². The van der Waals surface area contributed by atoms with Crippen LogP contribution in [0.1, 0.15) is 26.2 Å². The van der Waals surface area contributed by atoms with Gasteiger partial charge in [-0.1, -0.05) is 5.16 Å². The summed E-state index contributed by atoms with van der Waals surface area (Å²) in [5.41, 5.74) is 1.49. The number of pyridine rings is 1. The summed E-state index contributed by atoms with van der Waals surface area (Å²) in [4.78, 5) is 46.0. The zero-order valence-electron chi connectivity index (χ0n) is 18.7. The minimum absolute atomic E-state index is 0.00786. The number of methoxy groups -OCH3 is 2. The first-order valence-corrected chi connectivity index (χ1v) is 10.1. The van der Waals surface area contributed by atoms with Gasteiger partial charge in [0.15, 0.2) is 0 Å². The van der Waals surface area contributed by atoms with Crippen LogP contribution in [0, 0.1) is 5.92 Å². The van der Waals surface area contributed by atoms with Gasteiger partial charge in [-0.05, 0) is 32.4 Å². The Morgan fingerprint density at radius 2 is 1.76 bits per heavy atom. The first-order valence-electron chi connectivity index (χ1n) is 10.1. The Hall–Kier alpha value is -4.02. The first kappa shape index (κ1) is 23.6. The molecule has 1 aliphatic rings. The van der Waals surface area contributed by atoms with Gasteiger partial charge in [0, 0.05) is 35.8 Å². The third kappa shape index (κ3) is 5.25. The van der Waals surface area contributed by atoms with Gasteiger partial charge in [-0.25, -0.2) is 9.59 Å². The normalized spacial score (nSPS) is 14.1. The van der Waals surface area contributed by atoms with Gasteiger partial charge in [0.05, 0.1) is 32.0 Å². The van der Waals surface area contributed by atoms with Gasteiger partial charge in [-0.2, -0.15) is 4.98 Å². The summed E-state index contributed by atoms with van der Waals surface area (Å²) in [6, 6.07) is 3.58. The molecule has 0 unspecified atom stereocenters. The van der Waals surface area contributed by atoms with Crippen molar-refractivity contribution in [2.24, 2.45) is 5.92 Å². The molecule has 2 aromatic heterocycles. The average Bonchev–Trinajstić information content (AvgIpc) is 3.30. The predicted molar refractivity (Wildman–Crippen MR) is 113 cm³/mol. The average molecular weight is 456 g/mol. The fourth-order valence-corrected chi connectivity index (χ4v) is 3.44. The molecule has 1 aliphatic heterocycles. The zero-order valence-corrected chi connectivity index (χ0v) is 18.7. The van der Waals surface area contributed by atoms with Crippen molar-refractivity contribution < 1.29 is 33.1 Å². The van der Waals surface area contributed by atoms with E-state index in [1.54, 1.807) is 32.3 Å². The van der Waals surface area contributed by atoms with E-state index in [9.17, 15) is 14.4 Å². The predicted octanol–water partition coefficient (Wildman–Crippen LogP) is 1.72. The highest BCUT2D eigenvalue weighted by Crippen LogP contribution is 2.32. The molecule has 33 heavy (non-hydrogen) atoms. The lowest BCUT2D eigenvalue weighted by molar-refractivity contribution is -0.151. The van der Waals surface area contributed by atoms with Crippen LogP contribution in [0.4, 0.5) is 0 Å². The van der Waals surface area contributed by atoms with Crippen LogP contribution in [0.2, 0.25) is 0 Å². The summed E-state index contributed by atoms with van der Waals surface area (Å²) < 4.78 is 20.2. The quantitative estimate of drug-likeness (QED) is 0.352. The SMILES string of the molecule is COC(=O)C1=C(C)NC(C)=C(C(=O)OC)C1C(=O)OCCCc1nc(-c2cccnc2)no1. The molecule has 0 saturated carbocycles. The fraction of sp³-hybridized carbons (Fsp3) is 0.364. The summed E-state index contributed by atoms with van der Waals surface area (Å²) in [5, 5.41) is 6.83. The number of hydrogen-bond donors (Lipinski definition) is 1. The smallest absolute Gasteiger partial charge is 0.336 e. The second-order valence-corrected chi connectivity index (χ2v) is 7.14. The van der Waals surface area contributed by atoms with E-state index in [4.69, 9.17) is 18.7 Å². The minimum atomic E-state index is -1.27. The van der Waals surface area contributed by atoms with E-state index in [1.165, 1.54) is 14.2 Å². The molecule has 0 fully saturated rings. The van der Waals surface area contributed by atoms with Gasteiger partial charge in [-0.15, -0.1) is 0 Å². The Bertz CT molecular complexity index is 1070.